The number of nitrogens with two attached hydrogens (primary N) is 1. The summed E-state index contributed by atoms with van der Waals surface area (Å²) in [4.78, 5) is 30.0. The number of H-pyrrole nitrogens is 1. The first-order valence-corrected chi connectivity index (χ1v) is 10.4. The number of amides is 1. The van der Waals surface area contributed by atoms with Crippen molar-refractivity contribution in [2.45, 2.75) is 24.8 Å². The van der Waals surface area contributed by atoms with Crippen LogP contribution in [0.2, 0.25) is 5.02 Å². The molecule has 2 aromatic carbocycles. The van der Waals surface area contributed by atoms with Gasteiger partial charge in [0.1, 0.15) is 0 Å². The molecule has 0 spiro atoms. The smallest absolute Gasteiger partial charge is 0.475 e. The number of halogens is 7. The zero-order chi connectivity index (χ0) is 29.1. The molecule has 0 saturated carbocycles. The predicted octanol–water partition coefficient (Wildman–Crippen LogP) is 4.51. The molecule has 0 bridgehead atoms. The number of alkyl halides is 6. The largest absolute Gasteiger partial charge is 0.490 e. The fourth-order valence-electron chi connectivity index (χ4n) is 2.36. The van der Waals surface area contributed by atoms with Crippen LogP contribution in [0.3, 0.4) is 0 Å². The number of benzene rings is 2. The molecular formula is C22H19ClF6N4O5. The van der Waals surface area contributed by atoms with Gasteiger partial charge in [0.15, 0.2) is 0 Å². The summed E-state index contributed by atoms with van der Waals surface area (Å²) >= 11 is 5.85. The molecule has 3 aromatic rings. The Morgan fingerprint density at radius 3 is 1.76 bits per heavy atom. The Balaban J connectivity index is 0.000000426. The van der Waals surface area contributed by atoms with E-state index in [0.29, 0.717) is 17.1 Å². The fraction of sp³-hybridized carbons (Fsp3) is 0.182. The van der Waals surface area contributed by atoms with Crippen molar-refractivity contribution in [3.05, 3.63) is 71.5 Å². The minimum atomic E-state index is -5.08. The van der Waals surface area contributed by atoms with Crippen molar-refractivity contribution < 1.29 is 50.9 Å². The van der Waals surface area contributed by atoms with Crippen LogP contribution in [0.5, 0.6) is 0 Å². The van der Waals surface area contributed by atoms with Gasteiger partial charge in [0.05, 0.1) is 12.2 Å². The van der Waals surface area contributed by atoms with E-state index < -0.39 is 30.3 Å². The molecular weight excluding hydrogens is 550 g/mol. The number of hydrogen-bond donors (Lipinski definition) is 5. The number of rotatable bonds is 5. The first-order chi connectivity index (χ1) is 17.5. The molecule has 1 unspecified atom stereocenters. The van der Waals surface area contributed by atoms with E-state index in [4.69, 9.17) is 37.1 Å². The molecule has 16 heteroatoms. The lowest BCUT2D eigenvalue weighted by Gasteiger charge is -2.13. The molecule has 0 radical (unpaired) electrons. The van der Waals surface area contributed by atoms with E-state index in [9.17, 15) is 31.1 Å². The molecule has 206 valence electrons. The number of carbonyl (C=O) groups is 3. The first kappa shape index (κ1) is 31.9. The molecule has 1 heterocycles. The number of aliphatic carboxylic acids is 2. The van der Waals surface area contributed by atoms with Gasteiger partial charge in [-0.15, -0.1) is 0 Å². The van der Waals surface area contributed by atoms with Crippen molar-refractivity contribution in [3.63, 3.8) is 0 Å². The zero-order valence-electron chi connectivity index (χ0n) is 18.8. The second-order valence-corrected chi connectivity index (χ2v) is 7.53. The van der Waals surface area contributed by atoms with E-state index in [0.717, 1.165) is 16.7 Å². The molecule has 0 aliphatic heterocycles. The van der Waals surface area contributed by atoms with Gasteiger partial charge in [-0.05, 0) is 41.8 Å². The highest BCUT2D eigenvalue weighted by Gasteiger charge is 2.38. The first-order valence-electron chi connectivity index (χ1n) is 10.0. The standard InChI is InChI=1S/C18H17ClN4O.2C2HF3O2/c19-15-5-1-12(2-6-15)9-17(20)18(24)23-16-7-3-13(4-8-16)14-10-21-22-11-14;2*3-2(4,5)1(6)7/h1-8,10-11,17H,9,20H2,(H,21,22)(H,23,24);2*(H,6,7). The Hall–Kier alpha value is -4.11. The minimum absolute atomic E-state index is 0.221. The Bertz CT molecular complexity index is 1160. The molecule has 0 fully saturated rings. The number of hydrogen-bond acceptors (Lipinski definition) is 5. The number of carboxylic acids is 2. The lowest BCUT2D eigenvalue weighted by atomic mass is 10.1. The molecule has 38 heavy (non-hydrogen) atoms. The van der Waals surface area contributed by atoms with Crippen LogP contribution in [0.25, 0.3) is 11.1 Å². The SMILES string of the molecule is NC(Cc1ccc(Cl)cc1)C(=O)Nc1ccc(-c2cn[nH]c2)cc1.O=C(O)C(F)(F)F.O=C(O)C(F)(F)F. The second-order valence-electron chi connectivity index (χ2n) is 7.10. The van der Waals surface area contributed by atoms with Gasteiger partial charge in [-0.2, -0.15) is 31.4 Å². The van der Waals surface area contributed by atoms with Gasteiger partial charge in [-0.3, -0.25) is 9.89 Å². The van der Waals surface area contributed by atoms with E-state index in [2.05, 4.69) is 15.5 Å². The van der Waals surface area contributed by atoms with Gasteiger partial charge in [0, 0.05) is 22.5 Å². The average Bonchev–Trinajstić information content (AvgIpc) is 3.35. The quantitative estimate of drug-likeness (QED) is 0.283. The molecule has 6 N–H and O–H groups in total. The summed E-state index contributed by atoms with van der Waals surface area (Å²) in [6.07, 6.45) is -6.15. The highest BCUT2D eigenvalue weighted by atomic mass is 35.5. The van der Waals surface area contributed by atoms with Crippen LogP contribution in [-0.4, -0.2) is 56.7 Å². The molecule has 9 nitrogen and oxygen atoms in total. The highest BCUT2D eigenvalue weighted by Crippen LogP contribution is 2.20. The van der Waals surface area contributed by atoms with Crippen LogP contribution < -0.4 is 11.1 Å². The van der Waals surface area contributed by atoms with Crippen LogP contribution in [0.15, 0.2) is 60.9 Å². The number of nitrogens with one attached hydrogen (secondary N) is 2. The van der Waals surface area contributed by atoms with Crippen LogP contribution >= 0.6 is 11.6 Å². The lowest BCUT2D eigenvalue weighted by molar-refractivity contribution is -0.193. The molecule has 0 saturated heterocycles. The van der Waals surface area contributed by atoms with Crippen molar-refractivity contribution in [1.82, 2.24) is 10.2 Å². The third-order valence-corrected chi connectivity index (χ3v) is 4.43. The van der Waals surface area contributed by atoms with Crippen LogP contribution in [0, 0.1) is 0 Å². The molecule has 1 amide bonds. The van der Waals surface area contributed by atoms with E-state index in [1.807, 2.05) is 42.6 Å². The van der Waals surface area contributed by atoms with Gasteiger partial charge in [0.2, 0.25) is 5.91 Å². The van der Waals surface area contributed by atoms with Gasteiger partial charge in [-0.1, -0.05) is 35.9 Å². The Morgan fingerprint density at radius 2 is 1.37 bits per heavy atom. The second kappa shape index (κ2) is 14.0. The monoisotopic (exact) mass is 568 g/mol. The van der Waals surface area contributed by atoms with E-state index in [1.54, 1.807) is 18.3 Å². The summed E-state index contributed by atoms with van der Waals surface area (Å²) in [5, 5.41) is 24.4. The molecule has 1 aromatic heterocycles. The van der Waals surface area contributed by atoms with Gasteiger partial charge in [-0.25, -0.2) is 9.59 Å². The van der Waals surface area contributed by atoms with E-state index in [-0.39, 0.29) is 5.91 Å². The Morgan fingerprint density at radius 1 is 0.895 bits per heavy atom. The number of carbonyl (C=O) groups excluding carboxylic acids is 1. The zero-order valence-corrected chi connectivity index (χ0v) is 19.6. The number of carboxylic acid groups (broad SMARTS) is 2. The van der Waals surface area contributed by atoms with Crippen LogP contribution in [-0.2, 0) is 20.8 Å². The lowest BCUT2D eigenvalue weighted by Crippen LogP contribution is -2.37. The number of aromatic nitrogens is 2. The highest BCUT2D eigenvalue weighted by molar-refractivity contribution is 6.30. The van der Waals surface area contributed by atoms with Gasteiger partial charge in [0.25, 0.3) is 0 Å². The van der Waals surface area contributed by atoms with Crippen molar-refractivity contribution in [2.24, 2.45) is 5.73 Å². The van der Waals surface area contributed by atoms with Crippen molar-refractivity contribution in [3.8, 4) is 11.1 Å². The summed E-state index contributed by atoms with van der Waals surface area (Å²) in [6.45, 7) is 0. The summed E-state index contributed by atoms with van der Waals surface area (Å²) in [5.74, 6) is -5.74. The number of anilines is 1. The maximum Gasteiger partial charge on any atom is 0.490 e. The van der Waals surface area contributed by atoms with Crippen LogP contribution in [0.4, 0.5) is 32.0 Å². The average molecular weight is 569 g/mol. The predicted molar refractivity (Wildman–Crippen MR) is 123 cm³/mol. The van der Waals surface area contributed by atoms with E-state index in [1.165, 1.54) is 0 Å². The van der Waals surface area contributed by atoms with Crippen molar-refractivity contribution in [1.29, 1.82) is 0 Å². The van der Waals surface area contributed by atoms with Gasteiger partial charge >= 0.3 is 24.3 Å². The number of nitrogens with zero attached hydrogens (tertiary/aromatic N) is 1. The molecule has 0 aliphatic rings. The Kier molecular flexibility index (Phi) is 11.8. The van der Waals surface area contributed by atoms with Crippen molar-refractivity contribution >= 4 is 35.1 Å². The molecule has 1 atom stereocenters. The minimum Gasteiger partial charge on any atom is -0.475 e. The summed E-state index contributed by atoms with van der Waals surface area (Å²) in [5.41, 5.74) is 9.68. The molecule has 0 aliphatic carbocycles. The Labute approximate surface area is 215 Å². The maximum atomic E-state index is 12.2. The van der Waals surface area contributed by atoms with Gasteiger partial charge < -0.3 is 21.3 Å². The summed E-state index contributed by atoms with van der Waals surface area (Å²) in [7, 11) is 0. The fourth-order valence-corrected chi connectivity index (χ4v) is 2.48. The van der Waals surface area contributed by atoms with Crippen molar-refractivity contribution in [2.75, 3.05) is 5.32 Å². The summed E-state index contributed by atoms with van der Waals surface area (Å²) < 4.78 is 63.5. The summed E-state index contributed by atoms with van der Waals surface area (Å²) in [6, 6.07) is 14.2. The number of aromatic amines is 1. The third-order valence-electron chi connectivity index (χ3n) is 4.17. The normalized spacial score (nSPS) is 11.7. The topological polar surface area (TPSA) is 158 Å². The van der Waals surface area contributed by atoms with Crippen LogP contribution in [0.1, 0.15) is 5.56 Å². The molecule has 3 rings (SSSR count). The van der Waals surface area contributed by atoms with E-state index >= 15 is 0 Å². The third kappa shape index (κ3) is 11.7. The maximum absolute atomic E-state index is 12.2.